The largest absolute Gasteiger partial charge is 0.508 e. The Balaban J connectivity index is 2.50. The van der Waals surface area contributed by atoms with E-state index in [9.17, 15) is 10.2 Å². The summed E-state index contributed by atoms with van der Waals surface area (Å²) in [7, 11) is 0. The second-order valence-electron chi connectivity index (χ2n) is 5.89. The van der Waals surface area contributed by atoms with E-state index in [2.05, 4.69) is 25.1 Å². The van der Waals surface area contributed by atoms with Crippen molar-refractivity contribution in [3.8, 4) is 11.5 Å². The Morgan fingerprint density at radius 2 is 1.43 bits per heavy atom. The van der Waals surface area contributed by atoms with Crippen molar-refractivity contribution >= 4 is 0 Å². The predicted octanol–water partition coefficient (Wildman–Crippen LogP) is 4.96. The number of aryl methyl sites for hydroxylation is 3. The lowest BCUT2D eigenvalue weighted by Gasteiger charge is -2.20. The first-order valence-corrected chi connectivity index (χ1v) is 7.53. The molecule has 0 aliphatic rings. The van der Waals surface area contributed by atoms with Crippen molar-refractivity contribution in [2.75, 3.05) is 0 Å². The van der Waals surface area contributed by atoms with E-state index in [1.54, 1.807) is 6.07 Å². The third-order valence-corrected chi connectivity index (χ3v) is 4.12. The summed E-state index contributed by atoms with van der Waals surface area (Å²) in [5.74, 6) is 1.02. The van der Waals surface area contributed by atoms with Crippen LogP contribution in [0.4, 0.5) is 0 Å². The van der Waals surface area contributed by atoms with Gasteiger partial charge in [0.1, 0.15) is 11.5 Å². The van der Waals surface area contributed by atoms with Crippen LogP contribution >= 0.6 is 0 Å². The van der Waals surface area contributed by atoms with Crippen molar-refractivity contribution in [1.29, 1.82) is 0 Å². The maximum atomic E-state index is 9.96. The van der Waals surface area contributed by atoms with Crippen molar-refractivity contribution in [2.24, 2.45) is 0 Å². The lowest BCUT2D eigenvalue weighted by Crippen LogP contribution is -2.02. The van der Waals surface area contributed by atoms with Gasteiger partial charge >= 0.3 is 0 Å². The van der Waals surface area contributed by atoms with Crippen LogP contribution in [0.2, 0.25) is 0 Å². The molecule has 21 heavy (non-hydrogen) atoms. The number of phenols is 2. The van der Waals surface area contributed by atoms with Crippen LogP contribution in [0.5, 0.6) is 11.5 Å². The lowest BCUT2D eigenvalue weighted by atomic mass is 9.85. The quantitative estimate of drug-likeness (QED) is 0.833. The van der Waals surface area contributed by atoms with Crippen LogP contribution in [0.25, 0.3) is 0 Å². The summed E-state index contributed by atoms with van der Waals surface area (Å²) in [5, 5.41) is 19.7. The molecule has 0 amide bonds. The van der Waals surface area contributed by atoms with E-state index in [0.29, 0.717) is 17.4 Å². The third-order valence-electron chi connectivity index (χ3n) is 4.12. The van der Waals surface area contributed by atoms with Gasteiger partial charge in [-0.15, -0.1) is 0 Å². The van der Waals surface area contributed by atoms with Crippen molar-refractivity contribution in [3.63, 3.8) is 0 Å². The first-order valence-electron chi connectivity index (χ1n) is 7.53. The Morgan fingerprint density at radius 1 is 0.857 bits per heavy atom. The van der Waals surface area contributed by atoms with Crippen LogP contribution in [-0.4, -0.2) is 10.2 Å². The van der Waals surface area contributed by atoms with E-state index in [1.165, 1.54) is 11.1 Å². The van der Waals surface area contributed by atoms with Crippen LogP contribution in [0.1, 0.15) is 53.5 Å². The molecule has 0 saturated carbocycles. The minimum Gasteiger partial charge on any atom is -0.508 e. The molecule has 0 spiro atoms. The molecule has 0 aliphatic carbocycles. The SMILES string of the molecule is CCCC(c1ccc(O)c(C)c1)c1cc(C)c(O)c(C)c1. The van der Waals surface area contributed by atoms with Crippen LogP contribution in [0.3, 0.4) is 0 Å². The Morgan fingerprint density at radius 3 is 1.95 bits per heavy atom. The van der Waals surface area contributed by atoms with Gasteiger partial charge in [-0.1, -0.05) is 37.6 Å². The van der Waals surface area contributed by atoms with Gasteiger partial charge < -0.3 is 10.2 Å². The maximum Gasteiger partial charge on any atom is 0.121 e. The molecule has 2 aromatic rings. The van der Waals surface area contributed by atoms with E-state index in [4.69, 9.17) is 0 Å². The molecule has 0 heterocycles. The summed E-state index contributed by atoms with van der Waals surface area (Å²) in [4.78, 5) is 0. The monoisotopic (exact) mass is 284 g/mol. The summed E-state index contributed by atoms with van der Waals surface area (Å²) in [6.07, 6.45) is 2.14. The topological polar surface area (TPSA) is 40.5 Å². The van der Waals surface area contributed by atoms with Gasteiger partial charge in [-0.3, -0.25) is 0 Å². The average Bonchev–Trinajstić information content (AvgIpc) is 2.45. The number of aromatic hydroxyl groups is 2. The van der Waals surface area contributed by atoms with Crippen LogP contribution < -0.4 is 0 Å². The van der Waals surface area contributed by atoms with Gasteiger partial charge in [0.15, 0.2) is 0 Å². The molecule has 0 fully saturated rings. The molecule has 0 aromatic heterocycles. The molecule has 112 valence electrons. The number of hydrogen-bond donors (Lipinski definition) is 2. The summed E-state index contributed by atoms with van der Waals surface area (Å²) in [6.45, 7) is 7.99. The minimum absolute atomic E-state index is 0.298. The van der Waals surface area contributed by atoms with E-state index in [-0.39, 0.29) is 0 Å². The van der Waals surface area contributed by atoms with Crippen molar-refractivity contribution < 1.29 is 10.2 Å². The van der Waals surface area contributed by atoms with Gasteiger partial charge in [0.25, 0.3) is 0 Å². The van der Waals surface area contributed by atoms with Crippen LogP contribution in [0, 0.1) is 20.8 Å². The van der Waals surface area contributed by atoms with Crippen molar-refractivity contribution in [2.45, 2.75) is 46.5 Å². The fourth-order valence-electron chi connectivity index (χ4n) is 2.90. The first-order chi connectivity index (χ1) is 9.93. The highest BCUT2D eigenvalue weighted by Gasteiger charge is 2.16. The first kappa shape index (κ1) is 15.4. The van der Waals surface area contributed by atoms with E-state index in [1.807, 2.05) is 26.8 Å². The average molecular weight is 284 g/mol. The van der Waals surface area contributed by atoms with E-state index >= 15 is 0 Å². The van der Waals surface area contributed by atoms with Gasteiger partial charge in [-0.2, -0.15) is 0 Å². The molecule has 2 aromatic carbocycles. The lowest BCUT2D eigenvalue weighted by molar-refractivity contribution is 0.466. The molecule has 0 aliphatic heterocycles. The standard InChI is InChI=1S/C19H24O2/c1-5-6-17(15-7-8-18(20)12(2)9-15)16-10-13(3)19(21)14(4)11-16/h7-11,17,20-21H,5-6H2,1-4H3. The number of hydrogen-bond acceptors (Lipinski definition) is 2. The smallest absolute Gasteiger partial charge is 0.121 e. The highest BCUT2D eigenvalue weighted by Crippen LogP contribution is 2.35. The maximum absolute atomic E-state index is 9.96. The summed E-state index contributed by atoms with van der Waals surface area (Å²) in [5.41, 5.74) is 5.19. The number of benzene rings is 2. The van der Waals surface area contributed by atoms with Gasteiger partial charge in [0.05, 0.1) is 0 Å². The number of phenolic OH excluding ortho intramolecular Hbond substituents is 2. The molecular weight excluding hydrogens is 260 g/mol. The number of rotatable bonds is 4. The molecule has 2 rings (SSSR count). The minimum atomic E-state index is 0.298. The summed E-state index contributed by atoms with van der Waals surface area (Å²) < 4.78 is 0. The Labute approximate surface area is 127 Å². The van der Waals surface area contributed by atoms with Gasteiger partial charge in [-0.25, -0.2) is 0 Å². The summed E-state index contributed by atoms with van der Waals surface area (Å²) in [6, 6.07) is 9.98. The van der Waals surface area contributed by atoms with Crippen molar-refractivity contribution in [1.82, 2.24) is 0 Å². The van der Waals surface area contributed by atoms with Crippen LogP contribution in [-0.2, 0) is 0 Å². The fraction of sp³-hybridized carbons (Fsp3) is 0.368. The Bertz CT molecular complexity index is 621. The molecule has 1 atom stereocenters. The van der Waals surface area contributed by atoms with E-state index < -0.39 is 0 Å². The van der Waals surface area contributed by atoms with Gasteiger partial charge in [0, 0.05) is 5.92 Å². The molecule has 2 N–H and O–H groups in total. The highest BCUT2D eigenvalue weighted by atomic mass is 16.3. The highest BCUT2D eigenvalue weighted by molar-refractivity contribution is 5.47. The molecule has 2 heteroatoms. The zero-order valence-corrected chi connectivity index (χ0v) is 13.3. The zero-order valence-electron chi connectivity index (χ0n) is 13.3. The molecule has 1 unspecified atom stereocenters. The Hall–Kier alpha value is -1.96. The fourth-order valence-corrected chi connectivity index (χ4v) is 2.90. The molecule has 0 saturated heterocycles. The molecule has 0 bridgehead atoms. The molecule has 2 nitrogen and oxygen atoms in total. The zero-order chi connectivity index (χ0) is 15.6. The van der Waals surface area contributed by atoms with Crippen molar-refractivity contribution in [3.05, 3.63) is 58.1 Å². The second kappa shape index (κ2) is 6.21. The van der Waals surface area contributed by atoms with Gasteiger partial charge in [0.2, 0.25) is 0 Å². The Kier molecular flexibility index (Phi) is 4.56. The predicted molar refractivity (Wildman–Crippen MR) is 87.2 cm³/mol. The van der Waals surface area contributed by atoms with Gasteiger partial charge in [-0.05, 0) is 61.1 Å². The second-order valence-corrected chi connectivity index (χ2v) is 5.89. The van der Waals surface area contributed by atoms with Crippen LogP contribution in [0.15, 0.2) is 30.3 Å². The normalized spacial score (nSPS) is 12.4. The molecular formula is C19H24O2. The summed E-state index contributed by atoms with van der Waals surface area (Å²) >= 11 is 0. The third kappa shape index (κ3) is 3.21. The molecule has 0 radical (unpaired) electrons. The van der Waals surface area contributed by atoms with E-state index in [0.717, 1.165) is 29.5 Å².